The van der Waals surface area contributed by atoms with E-state index in [2.05, 4.69) is 25.8 Å². The van der Waals surface area contributed by atoms with E-state index in [-0.39, 0.29) is 37.2 Å². The Labute approximate surface area is 166 Å². The fourth-order valence-electron chi connectivity index (χ4n) is 3.05. The van der Waals surface area contributed by atoms with Crippen LogP contribution in [0.15, 0.2) is 17.0 Å². The molecular weight excluding hydrogens is 384 g/mol. The van der Waals surface area contributed by atoms with Crippen molar-refractivity contribution in [2.75, 3.05) is 0 Å². The SMILES string of the molecule is Cc1nc(CNC(=O)[C@H]2CC[C@H](NC(=O)c3cn(C)cn3)[C@@H](O)C2)no1.O=CO. The number of carboxylic acid groups (broad SMARTS) is 1. The molecule has 0 bridgehead atoms. The van der Waals surface area contributed by atoms with Crippen molar-refractivity contribution in [3.05, 3.63) is 29.9 Å². The number of carbonyl (C=O) groups excluding carboxylic acids is 2. The molecular formula is C17H24N6O6. The highest BCUT2D eigenvalue weighted by molar-refractivity contribution is 5.92. The van der Waals surface area contributed by atoms with Gasteiger partial charge < -0.3 is 29.9 Å². The first-order valence-corrected chi connectivity index (χ1v) is 8.95. The van der Waals surface area contributed by atoms with Gasteiger partial charge in [-0.15, -0.1) is 0 Å². The largest absolute Gasteiger partial charge is 0.483 e. The van der Waals surface area contributed by atoms with E-state index < -0.39 is 12.1 Å². The maximum atomic E-state index is 12.3. The highest BCUT2D eigenvalue weighted by Crippen LogP contribution is 2.25. The summed E-state index contributed by atoms with van der Waals surface area (Å²) in [6, 6.07) is -0.395. The van der Waals surface area contributed by atoms with Crippen LogP contribution in [0, 0.1) is 12.8 Å². The molecule has 2 aromatic rings. The molecule has 3 rings (SSSR count). The number of hydrogen-bond acceptors (Lipinski definition) is 8. The molecule has 12 heteroatoms. The van der Waals surface area contributed by atoms with Gasteiger partial charge in [-0.2, -0.15) is 4.98 Å². The molecule has 1 saturated carbocycles. The maximum absolute atomic E-state index is 12.3. The van der Waals surface area contributed by atoms with Crippen LogP contribution in [0.5, 0.6) is 0 Å². The number of aryl methyl sites for hydroxylation is 2. The second kappa shape index (κ2) is 10.3. The summed E-state index contributed by atoms with van der Waals surface area (Å²) in [7, 11) is 1.78. The summed E-state index contributed by atoms with van der Waals surface area (Å²) in [6.45, 7) is 1.61. The van der Waals surface area contributed by atoms with Crippen molar-refractivity contribution >= 4 is 18.3 Å². The Morgan fingerprint density at radius 1 is 1.41 bits per heavy atom. The highest BCUT2D eigenvalue weighted by atomic mass is 16.5. The molecule has 2 heterocycles. The average molecular weight is 408 g/mol. The number of carbonyl (C=O) groups is 3. The minimum Gasteiger partial charge on any atom is -0.483 e. The van der Waals surface area contributed by atoms with Gasteiger partial charge >= 0.3 is 0 Å². The van der Waals surface area contributed by atoms with E-state index in [4.69, 9.17) is 14.4 Å². The van der Waals surface area contributed by atoms with E-state index in [9.17, 15) is 14.7 Å². The fourth-order valence-corrected chi connectivity index (χ4v) is 3.05. The second-order valence-corrected chi connectivity index (χ2v) is 6.63. The van der Waals surface area contributed by atoms with Crippen molar-refractivity contribution in [3.63, 3.8) is 0 Å². The molecule has 1 fully saturated rings. The van der Waals surface area contributed by atoms with Crippen LogP contribution in [0.3, 0.4) is 0 Å². The third-order valence-corrected chi connectivity index (χ3v) is 4.43. The number of amides is 2. The molecule has 0 radical (unpaired) electrons. The maximum Gasteiger partial charge on any atom is 0.290 e. The molecule has 12 nitrogen and oxygen atoms in total. The van der Waals surface area contributed by atoms with Crippen LogP contribution >= 0.6 is 0 Å². The minimum atomic E-state index is -0.792. The van der Waals surface area contributed by atoms with Crippen molar-refractivity contribution < 1.29 is 29.1 Å². The summed E-state index contributed by atoms with van der Waals surface area (Å²) < 4.78 is 6.53. The van der Waals surface area contributed by atoms with Crippen LogP contribution in [-0.2, 0) is 23.2 Å². The fraction of sp³-hybridized carbons (Fsp3) is 0.529. The van der Waals surface area contributed by atoms with Gasteiger partial charge in [0, 0.05) is 26.1 Å². The summed E-state index contributed by atoms with van der Waals surface area (Å²) in [5.41, 5.74) is 0.301. The number of hydrogen-bond donors (Lipinski definition) is 4. The van der Waals surface area contributed by atoms with Crippen LogP contribution in [0.1, 0.15) is 41.5 Å². The van der Waals surface area contributed by atoms with Crippen LogP contribution in [-0.4, -0.2) is 60.3 Å². The molecule has 1 aliphatic carbocycles. The molecule has 0 spiro atoms. The van der Waals surface area contributed by atoms with E-state index >= 15 is 0 Å². The summed E-state index contributed by atoms with van der Waals surface area (Å²) >= 11 is 0. The normalized spacial score (nSPS) is 20.9. The summed E-state index contributed by atoms with van der Waals surface area (Å²) in [5, 5.41) is 26.5. The second-order valence-electron chi connectivity index (χ2n) is 6.63. The van der Waals surface area contributed by atoms with Crippen molar-refractivity contribution in [2.24, 2.45) is 13.0 Å². The molecule has 0 aromatic carbocycles. The Morgan fingerprint density at radius 2 is 2.14 bits per heavy atom. The molecule has 3 atom stereocenters. The van der Waals surface area contributed by atoms with E-state index in [1.807, 2.05) is 0 Å². The summed E-state index contributed by atoms with van der Waals surface area (Å²) in [6.07, 6.45) is 3.72. The van der Waals surface area contributed by atoms with Crippen molar-refractivity contribution in [3.8, 4) is 0 Å². The van der Waals surface area contributed by atoms with E-state index in [0.29, 0.717) is 30.3 Å². The molecule has 0 unspecified atom stereocenters. The molecule has 2 aromatic heterocycles. The molecule has 158 valence electrons. The smallest absolute Gasteiger partial charge is 0.290 e. The van der Waals surface area contributed by atoms with Gasteiger partial charge in [0.05, 0.1) is 25.0 Å². The molecule has 4 N–H and O–H groups in total. The van der Waals surface area contributed by atoms with Gasteiger partial charge in [-0.25, -0.2) is 4.98 Å². The lowest BCUT2D eigenvalue weighted by molar-refractivity contribution is -0.127. The van der Waals surface area contributed by atoms with Crippen LogP contribution in [0.4, 0.5) is 0 Å². The lowest BCUT2D eigenvalue weighted by Gasteiger charge is -2.32. The molecule has 0 aliphatic heterocycles. The highest BCUT2D eigenvalue weighted by Gasteiger charge is 2.34. The average Bonchev–Trinajstić information content (AvgIpc) is 3.30. The first-order valence-electron chi connectivity index (χ1n) is 8.95. The standard InChI is InChI=1S/C16H22N6O4.CH2O2/c1-9-19-14(21-26-9)6-17-15(24)10-3-4-11(13(23)5-10)20-16(25)12-7-22(2)8-18-12;2-1-3/h7-8,10-11,13,23H,3-6H2,1-2H3,(H,17,24)(H,20,25);1H,(H,2,3)/t10-,11-,13-;/m0./s1. The Hall–Kier alpha value is -3.28. The minimum absolute atomic E-state index is 0.166. The van der Waals surface area contributed by atoms with Crippen LogP contribution in [0.25, 0.3) is 0 Å². The van der Waals surface area contributed by atoms with Gasteiger partial charge in [-0.1, -0.05) is 5.16 Å². The van der Waals surface area contributed by atoms with E-state index in [0.717, 1.165) is 0 Å². The number of nitrogens with zero attached hydrogens (tertiary/aromatic N) is 4. The Kier molecular flexibility index (Phi) is 7.83. The van der Waals surface area contributed by atoms with Gasteiger partial charge in [0.1, 0.15) is 5.69 Å². The number of imidazole rings is 1. The van der Waals surface area contributed by atoms with Gasteiger partial charge in [-0.3, -0.25) is 14.4 Å². The first kappa shape index (κ1) is 22.0. The lowest BCUT2D eigenvalue weighted by atomic mass is 9.83. The zero-order valence-corrected chi connectivity index (χ0v) is 16.1. The van der Waals surface area contributed by atoms with Gasteiger partial charge in [0.25, 0.3) is 12.4 Å². The van der Waals surface area contributed by atoms with Gasteiger partial charge in [0.2, 0.25) is 11.8 Å². The third kappa shape index (κ3) is 6.38. The third-order valence-electron chi connectivity index (χ3n) is 4.43. The zero-order valence-electron chi connectivity index (χ0n) is 16.1. The topological polar surface area (TPSA) is 172 Å². The Bertz CT molecular complexity index is 834. The van der Waals surface area contributed by atoms with Gasteiger partial charge in [-0.05, 0) is 19.3 Å². The predicted molar refractivity (Wildman–Crippen MR) is 97.4 cm³/mol. The molecule has 1 aliphatic rings. The van der Waals surface area contributed by atoms with E-state index in [1.165, 1.54) is 6.33 Å². The predicted octanol–water partition coefficient (Wildman–Crippen LogP) is -0.612. The van der Waals surface area contributed by atoms with Crippen molar-refractivity contribution in [1.82, 2.24) is 30.3 Å². The quantitative estimate of drug-likeness (QED) is 0.471. The monoisotopic (exact) mass is 408 g/mol. The number of aromatic nitrogens is 4. The number of aliphatic hydroxyl groups is 1. The molecule has 2 amide bonds. The number of nitrogens with one attached hydrogen (secondary N) is 2. The molecule has 29 heavy (non-hydrogen) atoms. The number of rotatable bonds is 5. The Balaban J connectivity index is 0.000000941. The van der Waals surface area contributed by atoms with Crippen molar-refractivity contribution in [1.29, 1.82) is 0 Å². The van der Waals surface area contributed by atoms with E-state index in [1.54, 1.807) is 24.7 Å². The van der Waals surface area contributed by atoms with Crippen LogP contribution < -0.4 is 10.6 Å². The number of aliphatic hydroxyl groups excluding tert-OH is 1. The first-order chi connectivity index (χ1) is 13.8. The summed E-state index contributed by atoms with van der Waals surface area (Å²) in [4.78, 5) is 40.8. The van der Waals surface area contributed by atoms with Gasteiger partial charge in [0.15, 0.2) is 5.82 Å². The van der Waals surface area contributed by atoms with Crippen molar-refractivity contribution in [2.45, 2.75) is 44.9 Å². The lowest BCUT2D eigenvalue weighted by Crippen LogP contribution is -2.49. The summed E-state index contributed by atoms with van der Waals surface area (Å²) in [5.74, 6) is 0.0357. The Morgan fingerprint density at radius 3 is 2.69 bits per heavy atom. The molecule has 0 saturated heterocycles. The van der Waals surface area contributed by atoms with Crippen LogP contribution in [0.2, 0.25) is 0 Å². The zero-order chi connectivity index (χ0) is 21.4.